The Morgan fingerprint density at radius 3 is 1.98 bits per heavy atom. The number of hydrogen-bond acceptors (Lipinski definition) is 10. The van der Waals surface area contributed by atoms with Gasteiger partial charge >= 0.3 is 18.0 Å². The average molecular weight is 719 g/mol. The van der Waals surface area contributed by atoms with Gasteiger partial charge in [-0.2, -0.15) is 4.98 Å². The lowest BCUT2D eigenvalue weighted by Crippen LogP contribution is -2.47. The lowest BCUT2D eigenvalue weighted by molar-refractivity contribution is -0.151. The normalized spacial score (nSPS) is 12.9. The number of hydrogen-bond donors (Lipinski definition) is 3. The van der Waals surface area contributed by atoms with Gasteiger partial charge in [-0.15, -0.1) is 0 Å². The summed E-state index contributed by atoms with van der Waals surface area (Å²) in [5.74, 6) is -1.56. The number of alkyl carbamates (subject to hydrolysis) is 1. The van der Waals surface area contributed by atoms with Gasteiger partial charge in [-0.3, -0.25) is 14.6 Å². The number of aromatic amines is 1. The van der Waals surface area contributed by atoms with E-state index >= 15 is 0 Å². The number of ether oxygens (including phenoxy) is 3. The van der Waals surface area contributed by atoms with Gasteiger partial charge in [-0.1, -0.05) is 111 Å². The van der Waals surface area contributed by atoms with Crippen molar-refractivity contribution in [1.82, 2.24) is 24.8 Å². The van der Waals surface area contributed by atoms with Crippen molar-refractivity contribution < 1.29 is 28.6 Å². The fraction of sp³-hybridized carbons (Fsp3) is 0.789. The van der Waals surface area contributed by atoms with Crippen LogP contribution in [0.5, 0.6) is 0 Å². The Bertz CT molecular complexity index is 1370. The predicted molar refractivity (Wildman–Crippen MR) is 200 cm³/mol. The Labute approximate surface area is 304 Å². The number of imidazole rings is 1. The molecule has 1 unspecified atom stereocenters. The molecule has 0 radical (unpaired) electrons. The van der Waals surface area contributed by atoms with Crippen molar-refractivity contribution in [3.63, 3.8) is 0 Å². The zero-order valence-corrected chi connectivity index (χ0v) is 32.2. The minimum atomic E-state index is -0.926. The fourth-order valence-electron chi connectivity index (χ4n) is 5.82. The van der Waals surface area contributed by atoms with Gasteiger partial charge in [0.05, 0.1) is 19.5 Å². The van der Waals surface area contributed by atoms with Crippen LogP contribution in [-0.2, 0) is 30.3 Å². The molecule has 0 spiro atoms. The number of fused-ring (bicyclic) bond motifs is 1. The molecule has 2 aromatic rings. The predicted octanol–water partition coefficient (Wildman–Crippen LogP) is 7.61. The molecule has 2 aromatic heterocycles. The summed E-state index contributed by atoms with van der Waals surface area (Å²) in [5, 5.41) is 2.61. The number of carbonyl (C=O) groups excluding carboxylic acids is 3. The molecule has 0 aliphatic carbocycles. The number of esters is 2. The van der Waals surface area contributed by atoms with Gasteiger partial charge in [0.1, 0.15) is 11.6 Å². The number of nitrogen functional groups attached to an aromatic ring is 1. The van der Waals surface area contributed by atoms with Gasteiger partial charge in [0.15, 0.2) is 11.2 Å². The van der Waals surface area contributed by atoms with E-state index in [4.69, 9.17) is 19.9 Å². The topological polar surface area (TPSA) is 181 Å². The monoisotopic (exact) mass is 718 g/mol. The van der Waals surface area contributed by atoms with Crippen LogP contribution in [0.3, 0.4) is 0 Å². The van der Waals surface area contributed by atoms with Crippen molar-refractivity contribution in [2.45, 2.75) is 169 Å². The van der Waals surface area contributed by atoms with Crippen LogP contribution in [-0.4, -0.2) is 62.4 Å². The van der Waals surface area contributed by atoms with Gasteiger partial charge in [-0.05, 0) is 39.5 Å². The lowest BCUT2D eigenvalue weighted by atomic mass is 10.0. The molecule has 2 heterocycles. The van der Waals surface area contributed by atoms with Crippen LogP contribution >= 0.6 is 0 Å². The van der Waals surface area contributed by atoms with Crippen LogP contribution in [0.25, 0.3) is 11.2 Å². The maximum absolute atomic E-state index is 13.1. The lowest BCUT2D eigenvalue weighted by Gasteiger charge is -2.25. The van der Waals surface area contributed by atoms with E-state index in [1.54, 1.807) is 39.2 Å². The summed E-state index contributed by atoms with van der Waals surface area (Å²) >= 11 is 0. The minimum Gasteiger partial charge on any atom is -0.465 e. The first-order valence-corrected chi connectivity index (χ1v) is 19.3. The number of nitrogens with one attached hydrogen (secondary N) is 2. The van der Waals surface area contributed by atoms with Crippen LogP contribution in [0.1, 0.15) is 151 Å². The summed E-state index contributed by atoms with van der Waals surface area (Å²) in [4.78, 5) is 61.2. The quantitative estimate of drug-likeness (QED) is 0.0498. The summed E-state index contributed by atoms with van der Waals surface area (Å²) in [6.45, 7) is 11.4. The van der Waals surface area contributed by atoms with Crippen molar-refractivity contribution in [1.29, 1.82) is 0 Å². The highest BCUT2D eigenvalue weighted by atomic mass is 16.6. The number of anilines is 1. The van der Waals surface area contributed by atoms with Crippen molar-refractivity contribution in [3.8, 4) is 0 Å². The van der Waals surface area contributed by atoms with Crippen LogP contribution in [0.4, 0.5) is 10.7 Å². The molecule has 0 saturated heterocycles. The van der Waals surface area contributed by atoms with Crippen molar-refractivity contribution in [2.75, 3.05) is 18.9 Å². The molecule has 0 aliphatic heterocycles. The zero-order valence-electron chi connectivity index (χ0n) is 32.2. The molecule has 51 heavy (non-hydrogen) atoms. The van der Waals surface area contributed by atoms with Gasteiger partial charge in [0, 0.05) is 18.9 Å². The molecule has 4 N–H and O–H groups in total. The first-order chi connectivity index (χ1) is 24.3. The van der Waals surface area contributed by atoms with E-state index in [0.717, 1.165) is 19.3 Å². The summed E-state index contributed by atoms with van der Waals surface area (Å²) in [7, 11) is 0. The molecule has 2 rings (SSSR count). The summed E-state index contributed by atoms with van der Waals surface area (Å²) in [6, 6.07) is -0.926. The molecule has 13 nitrogen and oxygen atoms in total. The number of unbranched alkanes of at least 4 members (excludes halogenated alkanes) is 14. The smallest absolute Gasteiger partial charge is 0.408 e. The molecule has 0 aliphatic rings. The van der Waals surface area contributed by atoms with E-state index in [-0.39, 0.29) is 42.5 Å². The highest BCUT2D eigenvalue weighted by molar-refractivity contribution is 5.81. The number of H-pyrrole nitrogens is 1. The van der Waals surface area contributed by atoms with E-state index in [2.05, 4.69) is 27.2 Å². The zero-order chi connectivity index (χ0) is 37.6. The molecule has 1 amide bonds. The Morgan fingerprint density at radius 1 is 0.882 bits per heavy atom. The third-order valence-corrected chi connectivity index (χ3v) is 8.79. The van der Waals surface area contributed by atoms with Gasteiger partial charge in [0.25, 0.3) is 5.56 Å². The first kappa shape index (κ1) is 43.5. The molecule has 290 valence electrons. The van der Waals surface area contributed by atoms with Crippen molar-refractivity contribution in [2.24, 2.45) is 11.8 Å². The largest absolute Gasteiger partial charge is 0.465 e. The third-order valence-electron chi connectivity index (χ3n) is 8.79. The van der Waals surface area contributed by atoms with Crippen LogP contribution < -0.4 is 16.6 Å². The second-order valence-electron chi connectivity index (χ2n) is 15.1. The van der Waals surface area contributed by atoms with E-state index < -0.39 is 29.3 Å². The Balaban J connectivity index is 1.81. The van der Waals surface area contributed by atoms with Crippen molar-refractivity contribution in [3.05, 3.63) is 16.7 Å². The van der Waals surface area contributed by atoms with E-state index in [9.17, 15) is 19.2 Å². The molecule has 0 bridgehead atoms. The number of nitrogens with two attached hydrogens (primary N) is 1. The van der Waals surface area contributed by atoms with Crippen LogP contribution in [0.2, 0.25) is 0 Å². The van der Waals surface area contributed by atoms with Gasteiger partial charge < -0.3 is 29.8 Å². The highest BCUT2D eigenvalue weighted by Crippen LogP contribution is 2.17. The van der Waals surface area contributed by atoms with E-state index in [0.29, 0.717) is 25.0 Å². The van der Waals surface area contributed by atoms with Crippen molar-refractivity contribution >= 4 is 35.1 Å². The van der Waals surface area contributed by atoms with E-state index in [1.165, 1.54) is 83.4 Å². The second-order valence-corrected chi connectivity index (χ2v) is 15.1. The number of amides is 1. The second kappa shape index (κ2) is 23.8. The Kier molecular flexibility index (Phi) is 20.3. The molecule has 0 fully saturated rings. The SMILES string of the molecule is CCCCCCCCCCCCCCCCCC(=O)OCC(CCn1cnc2c(=O)[nH]c(N)nc21)COC(=O)[C@@H](NC(=O)OC(C)(C)C)C(C)C. The summed E-state index contributed by atoms with van der Waals surface area (Å²) < 4.78 is 18.3. The molecule has 0 aromatic carbocycles. The average Bonchev–Trinajstić information content (AvgIpc) is 3.46. The highest BCUT2D eigenvalue weighted by Gasteiger charge is 2.29. The van der Waals surface area contributed by atoms with Crippen LogP contribution in [0.15, 0.2) is 11.1 Å². The maximum Gasteiger partial charge on any atom is 0.408 e. The first-order valence-electron chi connectivity index (χ1n) is 19.3. The molecular weight excluding hydrogens is 652 g/mol. The van der Waals surface area contributed by atoms with E-state index in [1.807, 2.05) is 0 Å². The maximum atomic E-state index is 13.1. The number of aryl methyl sites for hydroxylation is 1. The number of aromatic nitrogens is 4. The Morgan fingerprint density at radius 2 is 1.43 bits per heavy atom. The van der Waals surface area contributed by atoms with Crippen LogP contribution in [0, 0.1) is 11.8 Å². The molecule has 13 heteroatoms. The number of rotatable bonds is 26. The number of carbonyl (C=O) groups is 3. The third kappa shape index (κ3) is 18.4. The molecule has 2 atom stereocenters. The minimum absolute atomic E-state index is 0.0234. The fourth-order valence-corrected chi connectivity index (χ4v) is 5.82. The summed E-state index contributed by atoms with van der Waals surface area (Å²) in [5.41, 5.74) is 5.08. The molecule has 0 saturated carbocycles. The van der Waals surface area contributed by atoms with Gasteiger partial charge in [0.2, 0.25) is 5.95 Å². The Hall–Kier alpha value is -3.64. The standard InChI is InChI=1S/C38H66N6O7/c1-7-8-9-10-11-12-13-14-15-16-17-18-19-20-21-22-30(45)49-25-29(23-24-44-27-40-32-33(44)42-36(39)43-34(32)46)26-50-35(47)31(28(2)3)41-37(48)51-38(4,5)6/h27-29,31H,7-26H2,1-6H3,(H,41,48)(H3,39,42,43,46)/t29?,31-/m0/s1. The number of nitrogens with zero attached hydrogens (tertiary/aromatic N) is 3. The molecular formula is C38H66N6O7. The summed E-state index contributed by atoms with van der Waals surface area (Å²) in [6.07, 6.45) is 20.3. The van der Waals surface area contributed by atoms with Gasteiger partial charge in [-0.25, -0.2) is 14.6 Å².